The summed E-state index contributed by atoms with van der Waals surface area (Å²) in [5.74, 6) is 0.726. The zero-order valence-corrected chi connectivity index (χ0v) is 13.9. The van der Waals surface area contributed by atoms with Gasteiger partial charge in [0, 0.05) is 36.8 Å². The Bertz CT molecular complexity index is 771. The summed E-state index contributed by atoms with van der Waals surface area (Å²) in [6.45, 7) is 6.38. The Morgan fingerprint density at radius 2 is 2.33 bits per heavy atom. The topological polar surface area (TPSA) is 82.2 Å². The number of carbonyl (C=O) groups excluding carboxylic acids is 1. The minimum absolute atomic E-state index is 0.115. The minimum atomic E-state index is -0.128. The molecule has 0 saturated carbocycles. The quantitative estimate of drug-likeness (QED) is 0.932. The molecule has 2 heterocycles. The van der Waals surface area contributed by atoms with E-state index in [2.05, 4.69) is 21.4 Å². The summed E-state index contributed by atoms with van der Waals surface area (Å²) < 4.78 is 5.20. The highest BCUT2D eigenvalue weighted by Gasteiger charge is 2.25. The molecule has 1 atom stereocenters. The molecular weight excluding hydrogens is 304 g/mol. The molecule has 6 heteroatoms. The molecular formula is C18H20N4O2. The minimum Gasteiger partial charge on any atom is -0.361 e. The third-order valence-electron chi connectivity index (χ3n) is 4.42. The Labute approximate surface area is 141 Å². The molecule has 0 aliphatic carbocycles. The van der Waals surface area contributed by atoms with Crippen LogP contribution in [0.25, 0.3) is 0 Å². The highest BCUT2D eigenvalue weighted by atomic mass is 16.5. The van der Waals surface area contributed by atoms with Crippen LogP contribution in [0, 0.1) is 25.2 Å². The molecule has 1 saturated heterocycles. The van der Waals surface area contributed by atoms with E-state index in [1.54, 1.807) is 24.3 Å². The number of aryl methyl sites for hydroxylation is 2. The number of hydrogen-bond donors (Lipinski definition) is 1. The Balaban J connectivity index is 1.58. The van der Waals surface area contributed by atoms with Gasteiger partial charge in [0.05, 0.1) is 17.3 Å². The van der Waals surface area contributed by atoms with Crippen molar-refractivity contribution in [1.82, 2.24) is 15.4 Å². The van der Waals surface area contributed by atoms with Crippen LogP contribution in [0.3, 0.4) is 0 Å². The number of rotatable bonds is 4. The first-order valence-electron chi connectivity index (χ1n) is 8.02. The number of carbonyl (C=O) groups is 1. The second kappa shape index (κ2) is 6.85. The molecule has 0 radical (unpaired) electrons. The lowest BCUT2D eigenvalue weighted by Crippen LogP contribution is -2.37. The van der Waals surface area contributed by atoms with Gasteiger partial charge in [-0.25, -0.2) is 0 Å². The predicted octanol–water partition coefficient (Wildman–Crippen LogP) is 2.17. The molecule has 1 aromatic carbocycles. The molecule has 6 nitrogen and oxygen atoms in total. The lowest BCUT2D eigenvalue weighted by atomic mass is 10.1. The summed E-state index contributed by atoms with van der Waals surface area (Å²) in [6.07, 6.45) is 0.910. The molecule has 1 aromatic heterocycles. The molecule has 3 rings (SSSR count). The maximum Gasteiger partial charge on any atom is 0.251 e. The highest BCUT2D eigenvalue weighted by Crippen LogP contribution is 2.19. The van der Waals surface area contributed by atoms with Crippen molar-refractivity contribution >= 4 is 5.91 Å². The van der Waals surface area contributed by atoms with Gasteiger partial charge in [0.25, 0.3) is 5.91 Å². The first-order valence-corrected chi connectivity index (χ1v) is 8.02. The third kappa shape index (κ3) is 3.47. The van der Waals surface area contributed by atoms with Crippen molar-refractivity contribution < 1.29 is 9.32 Å². The predicted molar refractivity (Wildman–Crippen MR) is 88.3 cm³/mol. The fourth-order valence-corrected chi connectivity index (χ4v) is 3.04. The summed E-state index contributed by atoms with van der Waals surface area (Å²) in [6, 6.07) is 8.94. The molecule has 24 heavy (non-hydrogen) atoms. The van der Waals surface area contributed by atoms with Gasteiger partial charge in [-0.3, -0.25) is 9.69 Å². The summed E-state index contributed by atoms with van der Waals surface area (Å²) in [7, 11) is 0. The maximum atomic E-state index is 12.3. The SMILES string of the molecule is Cc1noc(C)c1CN1CC[C@@H](NC(=O)c2cccc(C#N)c2)C1. The van der Waals surface area contributed by atoms with Gasteiger partial charge < -0.3 is 9.84 Å². The number of hydrogen-bond acceptors (Lipinski definition) is 5. The van der Waals surface area contributed by atoms with Crippen molar-refractivity contribution in [2.45, 2.75) is 32.9 Å². The summed E-state index contributed by atoms with van der Waals surface area (Å²) >= 11 is 0. The molecule has 124 valence electrons. The zero-order valence-electron chi connectivity index (χ0n) is 13.9. The number of nitrogens with one attached hydrogen (secondary N) is 1. The first-order chi connectivity index (χ1) is 11.6. The second-order valence-corrected chi connectivity index (χ2v) is 6.19. The number of nitrogens with zero attached hydrogens (tertiary/aromatic N) is 3. The third-order valence-corrected chi connectivity index (χ3v) is 4.42. The number of nitriles is 1. The normalized spacial score (nSPS) is 17.6. The van der Waals surface area contributed by atoms with Gasteiger partial charge >= 0.3 is 0 Å². The van der Waals surface area contributed by atoms with Gasteiger partial charge in [-0.05, 0) is 38.5 Å². The second-order valence-electron chi connectivity index (χ2n) is 6.19. The van der Waals surface area contributed by atoms with E-state index in [0.717, 1.165) is 43.1 Å². The maximum absolute atomic E-state index is 12.3. The summed E-state index contributed by atoms with van der Waals surface area (Å²) in [5.41, 5.74) is 3.07. The fraction of sp³-hybridized carbons (Fsp3) is 0.389. The molecule has 2 aromatic rings. The van der Waals surface area contributed by atoms with Crippen LogP contribution in [0.4, 0.5) is 0 Å². The standard InChI is InChI=1S/C18H20N4O2/c1-12-17(13(2)24-21-12)11-22-7-6-16(10-22)20-18(23)15-5-3-4-14(8-15)9-19/h3-5,8,16H,6-7,10-11H2,1-2H3,(H,20,23)/t16-/m1/s1. The van der Waals surface area contributed by atoms with Gasteiger partial charge in [0.2, 0.25) is 0 Å². The smallest absolute Gasteiger partial charge is 0.251 e. The molecule has 1 aliphatic rings. The Morgan fingerprint density at radius 3 is 3.04 bits per heavy atom. The largest absolute Gasteiger partial charge is 0.361 e. The average molecular weight is 324 g/mol. The van der Waals surface area contributed by atoms with E-state index in [-0.39, 0.29) is 11.9 Å². The molecule has 0 bridgehead atoms. The lowest BCUT2D eigenvalue weighted by Gasteiger charge is -2.16. The zero-order chi connectivity index (χ0) is 17.1. The molecule has 1 N–H and O–H groups in total. The first kappa shape index (κ1) is 16.2. The van der Waals surface area contributed by atoms with Crippen molar-refractivity contribution in [2.24, 2.45) is 0 Å². The average Bonchev–Trinajstić information content (AvgIpc) is 3.16. The fourth-order valence-electron chi connectivity index (χ4n) is 3.04. The van der Waals surface area contributed by atoms with Gasteiger partial charge in [-0.15, -0.1) is 0 Å². The van der Waals surface area contributed by atoms with Crippen LogP contribution >= 0.6 is 0 Å². The van der Waals surface area contributed by atoms with E-state index in [1.165, 1.54) is 0 Å². The van der Waals surface area contributed by atoms with E-state index in [9.17, 15) is 4.79 Å². The Kier molecular flexibility index (Phi) is 4.63. The molecule has 1 amide bonds. The number of likely N-dealkylation sites (tertiary alicyclic amines) is 1. The van der Waals surface area contributed by atoms with Crippen LogP contribution in [0.15, 0.2) is 28.8 Å². The molecule has 1 aliphatic heterocycles. The molecule has 0 spiro atoms. The van der Waals surface area contributed by atoms with Gasteiger partial charge in [-0.2, -0.15) is 5.26 Å². The van der Waals surface area contributed by atoms with E-state index >= 15 is 0 Å². The Morgan fingerprint density at radius 1 is 1.50 bits per heavy atom. The number of benzene rings is 1. The van der Waals surface area contributed by atoms with Crippen LogP contribution in [-0.2, 0) is 6.54 Å². The number of aromatic nitrogens is 1. The van der Waals surface area contributed by atoms with Crippen LogP contribution in [0.5, 0.6) is 0 Å². The van der Waals surface area contributed by atoms with E-state index in [4.69, 9.17) is 9.78 Å². The van der Waals surface area contributed by atoms with Crippen LogP contribution in [0.1, 0.15) is 39.4 Å². The molecule has 0 unspecified atom stereocenters. The van der Waals surface area contributed by atoms with Crippen molar-refractivity contribution in [3.8, 4) is 6.07 Å². The monoisotopic (exact) mass is 324 g/mol. The van der Waals surface area contributed by atoms with Crippen molar-refractivity contribution in [3.05, 3.63) is 52.4 Å². The van der Waals surface area contributed by atoms with Crippen LogP contribution < -0.4 is 5.32 Å². The van der Waals surface area contributed by atoms with Crippen molar-refractivity contribution in [2.75, 3.05) is 13.1 Å². The van der Waals surface area contributed by atoms with Crippen LogP contribution in [-0.4, -0.2) is 35.1 Å². The van der Waals surface area contributed by atoms with E-state index < -0.39 is 0 Å². The van der Waals surface area contributed by atoms with Crippen molar-refractivity contribution in [3.63, 3.8) is 0 Å². The van der Waals surface area contributed by atoms with E-state index in [1.807, 2.05) is 13.8 Å². The Hall–Kier alpha value is -2.65. The molecule has 1 fully saturated rings. The summed E-state index contributed by atoms with van der Waals surface area (Å²) in [4.78, 5) is 14.6. The lowest BCUT2D eigenvalue weighted by molar-refractivity contribution is 0.0937. The van der Waals surface area contributed by atoms with Gasteiger partial charge in [0.1, 0.15) is 5.76 Å². The highest BCUT2D eigenvalue weighted by molar-refractivity contribution is 5.94. The van der Waals surface area contributed by atoms with E-state index in [0.29, 0.717) is 11.1 Å². The van der Waals surface area contributed by atoms with Gasteiger partial charge in [-0.1, -0.05) is 11.2 Å². The van der Waals surface area contributed by atoms with Crippen LogP contribution in [0.2, 0.25) is 0 Å². The summed E-state index contributed by atoms with van der Waals surface area (Å²) in [5, 5.41) is 16.0. The van der Waals surface area contributed by atoms with Gasteiger partial charge in [0.15, 0.2) is 0 Å². The van der Waals surface area contributed by atoms with Crippen molar-refractivity contribution in [1.29, 1.82) is 5.26 Å². The number of amides is 1.